The van der Waals surface area contributed by atoms with E-state index < -0.39 is 5.97 Å². The molecule has 1 fully saturated rings. The Labute approximate surface area is 103 Å². The number of likely N-dealkylation sites (tertiary alicyclic amines) is 1. The Balaban J connectivity index is 2.57. The average Bonchev–Trinajstić information content (AvgIpc) is 2.28. The molecule has 0 saturated carbocycles. The molecule has 4 nitrogen and oxygen atoms in total. The number of hydrogen-bond donors (Lipinski definition) is 1. The van der Waals surface area contributed by atoms with Gasteiger partial charge in [-0.25, -0.2) is 0 Å². The normalized spacial score (nSPS) is 22.2. The van der Waals surface area contributed by atoms with E-state index in [9.17, 15) is 9.59 Å². The molecular weight excluding hydrogens is 218 g/mol. The van der Waals surface area contributed by atoms with E-state index in [2.05, 4.69) is 13.8 Å². The lowest BCUT2D eigenvalue weighted by Gasteiger charge is -2.35. The van der Waals surface area contributed by atoms with Crippen molar-refractivity contribution in [3.63, 3.8) is 0 Å². The Kier molecular flexibility index (Phi) is 5.45. The molecule has 0 bridgehead atoms. The van der Waals surface area contributed by atoms with Gasteiger partial charge in [-0.05, 0) is 25.2 Å². The molecule has 0 radical (unpaired) electrons. The first-order chi connectivity index (χ1) is 8.04. The predicted octanol–water partition coefficient (Wildman–Crippen LogP) is 2.28. The second-order valence-electron chi connectivity index (χ2n) is 5.05. The van der Waals surface area contributed by atoms with Gasteiger partial charge in [0.2, 0.25) is 5.91 Å². The summed E-state index contributed by atoms with van der Waals surface area (Å²) in [5, 5.41) is 8.86. The summed E-state index contributed by atoms with van der Waals surface area (Å²) in [4.78, 5) is 24.7. The van der Waals surface area contributed by atoms with Gasteiger partial charge in [0.1, 0.15) is 0 Å². The van der Waals surface area contributed by atoms with Crippen LogP contribution in [-0.2, 0) is 9.59 Å². The van der Waals surface area contributed by atoms with Crippen LogP contribution >= 0.6 is 0 Å². The minimum absolute atomic E-state index is 0.0854. The van der Waals surface area contributed by atoms with Crippen molar-refractivity contribution in [1.82, 2.24) is 4.90 Å². The van der Waals surface area contributed by atoms with E-state index in [-0.39, 0.29) is 18.4 Å². The molecule has 1 aliphatic heterocycles. The van der Waals surface area contributed by atoms with Crippen molar-refractivity contribution in [2.75, 3.05) is 6.54 Å². The average molecular weight is 241 g/mol. The smallest absolute Gasteiger partial charge is 0.305 e. The molecule has 1 aliphatic rings. The number of nitrogens with zero attached hydrogens (tertiary/aromatic N) is 1. The highest BCUT2D eigenvalue weighted by Crippen LogP contribution is 2.22. The topological polar surface area (TPSA) is 57.6 Å². The minimum atomic E-state index is -0.807. The number of rotatable bonds is 5. The van der Waals surface area contributed by atoms with Crippen LogP contribution in [-0.4, -0.2) is 34.5 Å². The van der Waals surface area contributed by atoms with Crippen LogP contribution in [0.25, 0.3) is 0 Å². The monoisotopic (exact) mass is 241 g/mol. The van der Waals surface area contributed by atoms with Crippen molar-refractivity contribution in [2.24, 2.45) is 5.92 Å². The molecule has 0 spiro atoms. The Morgan fingerprint density at radius 1 is 1.41 bits per heavy atom. The molecule has 0 aliphatic carbocycles. The third kappa shape index (κ3) is 4.36. The van der Waals surface area contributed by atoms with Crippen LogP contribution in [0.3, 0.4) is 0 Å². The fourth-order valence-electron chi connectivity index (χ4n) is 2.30. The zero-order chi connectivity index (χ0) is 12.8. The minimum Gasteiger partial charge on any atom is -0.481 e. The van der Waals surface area contributed by atoms with E-state index in [1.165, 1.54) is 0 Å². The molecular formula is C13H23NO3. The first kappa shape index (κ1) is 14.0. The van der Waals surface area contributed by atoms with Gasteiger partial charge in [0.25, 0.3) is 0 Å². The Hall–Kier alpha value is -1.06. The van der Waals surface area contributed by atoms with Crippen LogP contribution < -0.4 is 0 Å². The van der Waals surface area contributed by atoms with E-state index in [1.54, 1.807) is 4.90 Å². The highest BCUT2D eigenvalue weighted by Gasteiger charge is 2.28. The Morgan fingerprint density at radius 3 is 2.71 bits per heavy atom. The molecule has 0 aromatic heterocycles. The molecule has 17 heavy (non-hydrogen) atoms. The number of piperidine rings is 1. The van der Waals surface area contributed by atoms with E-state index in [0.717, 1.165) is 32.2 Å². The quantitative estimate of drug-likeness (QED) is 0.803. The predicted molar refractivity (Wildman–Crippen MR) is 65.7 cm³/mol. The summed E-state index contributed by atoms with van der Waals surface area (Å²) in [5.74, 6) is -0.293. The van der Waals surface area contributed by atoms with Crippen molar-refractivity contribution in [2.45, 2.75) is 58.4 Å². The lowest BCUT2D eigenvalue weighted by atomic mass is 9.97. The van der Waals surface area contributed by atoms with E-state index >= 15 is 0 Å². The number of aliphatic carboxylic acids is 1. The molecule has 2 atom stereocenters. The molecule has 4 heteroatoms. The van der Waals surface area contributed by atoms with Gasteiger partial charge in [-0.2, -0.15) is 0 Å². The van der Waals surface area contributed by atoms with E-state index in [4.69, 9.17) is 5.11 Å². The summed E-state index contributed by atoms with van der Waals surface area (Å²) in [6.45, 7) is 4.87. The van der Waals surface area contributed by atoms with Crippen molar-refractivity contribution >= 4 is 11.9 Å². The maximum Gasteiger partial charge on any atom is 0.305 e. The zero-order valence-electron chi connectivity index (χ0n) is 10.8. The van der Waals surface area contributed by atoms with Gasteiger partial charge in [0.05, 0.1) is 6.42 Å². The van der Waals surface area contributed by atoms with Gasteiger partial charge in [0.15, 0.2) is 0 Å². The number of carboxylic acid groups (broad SMARTS) is 1. The lowest BCUT2D eigenvalue weighted by molar-refractivity contribution is -0.142. The second-order valence-corrected chi connectivity index (χ2v) is 5.05. The van der Waals surface area contributed by atoms with Gasteiger partial charge in [0, 0.05) is 19.0 Å². The first-order valence-corrected chi connectivity index (χ1v) is 6.55. The number of carboxylic acids is 1. The summed E-state index contributed by atoms with van der Waals surface area (Å²) in [6, 6.07) is -0.0854. The van der Waals surface area contributed by atoms with Crippen molar-refractivity contribution in [3.05, 3.63) is 0 Å². The Bertz CT molecular complexity index is 278. The highest BCUT2D eigenvalue weighted by atomic mass is 16.4. The zero-order valence-corrected chi connectivity index (χ0v) is 10.8. The molecule has 0 aromatic carbocycles. The summed E-state index contributed by atoms with van der Waals surface area (Å²) in [5.41, 5.74) is 0. The summed E-state index contributed by atoms with van der Waals surface area (Å²) in [6.07, 6.45) is 4.49. The highest BCUT2D eigenvalue weighted by molar-refractivity contribution is 5.78. The van der Waals surface area contributed by atoms with Gasteiger partial charge in [-0.15, -0.1) is 0 Å². The lowest BCUT2D eigenvalue weighted by Crippen LogP contribution is -2.45. The fourth-order valence-corrected chi connectivity index (χ4v) is 2.30. The third-order valence-electron chi connectivity index (χ3n) is 3.58. The number of amides is 1. The summed E-state index contributed by atoms with van der Waals surface area (Å²) in [7, 11) is 0. The second kappa shape index (κ2) is 6.62. The number of hydrogen-bond acceptors (Lipinski definition) is 2. The van der Waals surface area contributed by atoms with Crippen LogP contribution in [0.4, 0.5) is 0 Å². The molecule has 0 aromatic rings. The van der Waals surface area contributed by atoms with Crippen molar-refractivity contribution < 1.29 is 14.7 Å². The van der Waals surface area contributed by atoms with Gasteiger partial charge in [-0.3, -0.25) is 9.59 Å². The van der Waals surface area contributed by atoms with Crippen LogP contribution in [0.5, 0.6) is 0 Å². The molecule has 1 heterocycles. The van der Waals surface area contributed by atoms with Crippen molar-refractivity contribution in [1.29, 1.82) is 0 Å². The molecule has 2 unspecified atom stereocenters. The van der Waals surface area contributed by atoms with Gasteiger partial charge in [-0.1, -0.05) is 20.3 Å². The molecule has 1 rings (SSSR count). The van der Waals surface area contributed by atoms with Crippen LogP contribution in [0.15, 0.2) is 0 Å². The van der Waals surface area contributed by atoms with Gasteiger partial charge < -0.3 is 10.0 Å². The summed E-state index contributed by atoms with van der Waals surface area (Å²) < 4.78 is 0. The first-order valence-electron chi connectivity index (χ1n) is 6.55. The number of carbonyl (C=O) groups excluding carboxylic acids is 1. The SMILES string of the molecule is CCC(C)CC(=O)N1CCCCC1CC(=O)O. The summed E-state index contributed by atoms with van der Waals surface area (Å²) >= 11 is 0. The largest absolute Gasteiger partial charge is 0.481 e. The molecule has 1 N–H and O–H groups in total. The van der Waals surface area contributed by atoms with Crippen molar-refractivity contribution in [3.8, 4) is 0 Å². The Morgan fingerprint density at radius 2 is 2.12 bits per heavy atom. The number of carbonyl (C=O) groups is 2. The third-order valence-corrected chi connectivity index (χ3v) is 3.58. The van der Waals surface area contributed by atoms with E-state index in [0.29, 0.717) is 12.3 Å². The van der Waals surface area contributed by atoms with Crippen LogP contribution in [0, 0.1) is 5.92 Å². The molecule has 1 amide bonds. The van der Waals surface area contributed by atoms with Crippen LogP contribution in [0.1, 0.15) is 52.4 Å². The van der Waals surface area contributed by atoms with Crippen LogP contribution in [0.2, 0.25) is 0 Å². The standard InChI is InChI=1S/C13H23NO3/c1-3-10(2)8-12(15)14-7-5-4-6-11(14)9-13(16)17/h10-11H,3-9H2,1-2H3,(H,16,17). The maximum absolute atomic E-state index is 12.1. The molecule has 98 valence electrons. The maximum atomic E-state index is 12.1. The molecule has 1 saturated heterocycles. The van der Waals surface area contributed by atoms with E-state index in [1.807, 2.05) is 0 Å². The fraction of sp³-hybridized carbons (Fsp3) is 0.846. The van der Waals surface area contributed by atoms with Gasteiger partial charge >= 0.3 is 5.97 Å².